The Kier molecular flexibility index (Phi) is 3.92. The predicted octanol–water partition coefficient (Wildman–Crippen LogP) is 4.37. The van der Waals surface area contributed by atoms with Gasteiger partial charge in [-0.15, -0.1) is 0 Å². The summed E-state index contributed by atoms with van der Waals surface area (Å²) in [5.74, 6) is -0.0111. The summed E-state index contributed by atoms with van der Waals surface area (Å²) < 4.78 is 20.8. The standard InChI is InChI=1S/C15H16ClFN2O/c16-14-6-5-13(9-15(14)17)20-10-11-7-8-19(18-11)12-3-1-2-4-12/h5-9,12H,1-4,10H2. The number of hydrogen-bond acceptors (Lipinski definition) is 2. The lowest BCUT2D eigenvalue weighted by atomic mass is 10.3. The highest BCUT2D eigenvalue weighted by Crippen LogP contribution is 2.28. The van der Waals surface area contributed by atoms with Crippen LogP contribution in [-0.4, -0.2) is 9.78 Å². The van der Waals surface area contributed by atoms with Crippen LogP contribution in [0.4, 0.5) is 4.39 Å². The third-order valence-electron chi connectivity index (χ3n) is 3.64. The van der Waals surface area contributed by atoms with Crippen LogP contribution < -0.4 is 4.74 Å². The molecule has 0 amide bonds. The lowest BCUT2D eigenvalue weighted by Crippen LogP contribution is -2.06. The van der Waals surface area contributed by atoms with Gasteiger partial charge in [0.1, 0.15) is 18.2 Å². The lowest BCUT2D eigenvalue weighted by molar-refractivity contribution is 0.296. The first-order valence-electron chi connectivity index (χ1n) is 6.84. The second kappa shape index (κ2) is 5.83. The Bertz CT molecular complexity index is 593. The number of ether oxygens (including phenoxy) is 1. The molecule has 0 saturated heterocycles. The first-order valence-corrected chi connectivity index (χ1v) is 7.22. The summed E-state index contributed by atoms with van der Waals surface area (Å²) in [4.78, 5) is 0. The van der Waals surface area contributed by atoms with E-state index in [0.717, 1.165) is 5.69 Å². The van der Waals surface area contributed by atoms with E-state index in [1.54, 1.807) is 6.07 Å². The molecular weight excluding hydrogens is 279 g/mol. The normalized spacial score (nSPS) is 15.7. The van der Waals surface area contributed by atoms with E-state index in [2.05, 4.69) is 5.10 Å². The van der Waals surface area contributed by atoms with Crippen molar-refractivity contribution in [3.63, 3.8) is 0 Å². The summed E-state index contributed by atoms with van der Waals surface area (Å²) in [6.45, 7) is 0.334. The maximum atomic E-state index is 13.3. The number of nitrogens with zero attached hydrogens (tertiary/aromatic N) is 2. The molecule has 0 radical (unpaired) electrons. The van der Waals surface area contributed by atoms with E-state index in [9.17, 15) is 4.39 Å². The molecule has 0 aliphatic heterocycles. The van der Waals surface area contributed by atoms with Gasteiger partial charge in [0, 0.05) is 12.3 Å². The van der Waals surface area contributed by atoms with Gasteiger partial charge in [0.15, 0.2) is 0 Å². The molecule has 1 fully saturated rings. The highest BCUT2D eigenvalue weighted by molar-refractivity contribution is 6.30. The van der Waals surface area contributed by atoms with Gasteiger partial charge in [-0.3, -0.25) is 4.68 Å². The Balaban J connectivity index is 1.61. The van der Waals surface area contributed by atoms with Gasteiger partial charge in [0.2, 0.25) is 0 Å². The highest BCUT2D eigenvalue weighted by Gasteiger charge is 2.17. The van der Waals surface area contributed by atoms with Crippen LogP contribution in [0.3, 0.4) is 0 Å². The van der Waals surface area contributed by atoms with E-state index in [1.165, 1.54) is 37.8 Å². The van der Waals surface area contributed by atoms with E-state index in [1.807, 2.05) is 16.9 Å². The van der Waals surface area contributed by atoms with Gasteiger partial charge in [-0.2, -0.15) is 5.10 Å². The minimum absolute atomic E-state index is 0.0999. The summed E-state index contributed by atoms with van der Waals surface area (Å²) in [6.07, 6.45) is 6.95. The number of aromatic nitrogens is 2. The molecule has 20 heavy (non-hydrogen) atoms. The van der Waals surface area contributed by atoms with E-state index < -0.39 is 5.82 Å². The second-order valence-electron chi connectivity index (χ2n) is 5.09. The van der Waals surface area contributed by atoms with Crippen LogP contribution in [0.5, 0.6) is 5.75 Å². The van der Waals surface area contributed by atoms with Gasteiger partial charge in [-0.05, 0) is 31.0 Å². The van der Waals surface area contributed by atoms with Crippen LogP contribution in [0.15, 0.2) is 30.5 Å². The average molecular weight is 295 g/mol. The van der Waals surface area contributed by atoms with Crippen LogP contribution in [0.2, 0.25) is 5.02 Å². The van der Waals surface area contributed by atoms with Crippen LogP contribution in [0.1, 0.15) is 37.4 Å². The van der Waals surface area contributed by atoms with Gasteiger partial charge in [0.25, 0.3) is 0 Å². The Labute approximate surface area is 122 Å². The fourth-order valence-corrected chi connectivity index (χ4v) is 2.67. The third kappa shape index (κ3) is 2.96. The zero-order valence-electron chi connectivity index (χ0n) is 11.1. The van der Waals surface area contributed by atoms with Crippen molar-refractivity contribution in [3.05, 3.63) is 47.0 Å². The Morgan fingerprint density at radius 1 is 1.30 bits per heavy atom. The molecule has 0 unspecified atom stereocenters. The third-order valence-corrected chi connectivity index (χ3v) is 3.95. The second-order valence-corrected chi connectivity index (χ2v) is 5.50. The molecule has 3 nitrogen and oxygen atoms in total. The molecular formula is C15H16ClFN2O. The minimum Gasteiger partial charge on any atom is -0.487 e. The molecule has 1 aromatic carbocycles. The monoisotopic (exact) mass is 294 g/mol. The zero-order chi connectivity index (χ0) is 13.9. The van der Waals surface area contributed by atoms with Crippen molar-refractivity contribution < 1.29 is 9.13 Å². The van der Waals surface area contributed by atoms with Crippen molar-refractivity contribution in [2.45, 2.75) is 38.3 Å². The molecule has 1 saturated carbocycles. The molecule has 0 bridgehead atoms. The number of rotatable bonds is 4. The van der Waals surface area contributed by atoms with Crippen molar-refractivity contribution in [3.8, 4) is 5.75 Å². The SMILES string of the molecule is Fc1cc(OCc2ccn(C3CCCC3)n2)ccc1Cl. The van der Waals surface area contributed by atoms with E-state index in [4.69, 9.17) is 16.3 Å². The summed E-state index contributed by atoms with van der Waals surface area (Å²) in [5, 5.41) is 4.62. The van der Waals surface area contributed by atoms with Gasteiger partial charge in [0.05, 0.1) is 16.8 Å². The minimum atomic E-state index is -0.472. The summed E-state index contributed by atoms with van der Waals surface area (Å²) in [5.41, 5.74) is 0.854. The lowest BCUT2D eigenvalue weighted by Gasteiger charge is -2.09. The summed E-state index contributed by atoms with van der Waals surface area (Å²) in [7, 11) is 0. The average Bonchev–Trinajstić information content (AvgIpc) is 3.09. The van der Waals surface area contributed by atoms with Gasteiger partial charge < -0.3 is 4.74 Å². The Hall–Kier alpha value is -1.55. The molecule has 106 valence electrons. The van der Waals surface area contributed by atoms with Crippen LogP contribution >= 0.6 is 11.6 Å². The molecule has 3 rings (SSSR count). The van der Waals surface area contributed by atoms with E-state index in [-0.39, 0.29) is 5.02 Å². The summed E-state index contributed by atoms with van der Waals surface area (Å²) >= 11 is 5.63. The molecule has 0 atom stereocenters. The molecule has 1 aliphatic rings. The smallest absolute Gasteiger partial charge is 0.145 e. The number of benzene rings is 1. The fraction of sp³-hybridized carbons (Fsp3) is 0.400. The molecule has 5 heteroatoms. The maximum absolute atomic E-state index is 13.3. The predicted molar refractivity (Wildman–Crippen MR) is 75.5 cm³/mol. The van der Waals surface area contributed by atoms with Crippen LogP contribution in [0, 0.1) is 5.82 Å². The topological polar surface area (TPSA) is 27.1 Å². The molecule has 1 aromatic heterocycles. The van der Waals surface area contributed by atoms with Crippen molar-refractivity contribution in [1.82, 2.24) is 9.78 Å². The van der Waals surface area contributed by atoms with Gasteiger partial charge in [-0.25, -0.2) is 4.39 Å². The number of hydrogen-bond donors (Lipinski definition) is 0. The first-order chi connectivity index (χ1) is 9.72. The van der Waals surface area contributed by atoms with Gasteiger partial charge in [-0.1, -0.05) is 24.4 Å². The van der Waals surface area contributed by atoms with E-state index >= 15 is 0 Å². The molecule has 0 spiro atoms. The summed E-state index contributed by atoms with van der Waals surface area (Å²) in [6, 6.07) is 6.90. The number of halogens is 2. The van der Waals surface area contributed by atoms with Crippen molar-refractivity contribution in [1.29, 1.82) is 0 Å². The molecule has 1 aliphatic carbocycles. The molecule has 1 heterocycles. The van der Waals surface area contributed by atoms with Crippen molar-refractivity contribution in [2.75, 3.05) is 0 Å². The fourth-order valence-electron chi connectivity index (χ4n) is 2.55. The highest BCUT2D eigenvalue weighted by atomic mass is 35.5. The van der Waals surface area contributed by atoms with Crippen molar-refractivity contribution in [2.24, 2.45) is 0 Å². The maximum Gasteiger partial charge on any atom is 0.145 e. The quantitative estimate of drug-likeness (QED) is 0.837. The van der Waals surface area contributed by atoms with Gasteiger partial charge >= 0.3 is 0 Å². The van der Waals surface area contributed by atoms with Crippen LogP contribution in [0.25, 0.3) is 0 Å². The Morgan fingerprint density at radius 2 is 2.10 bits per heavy atom. The van der Waals surface area contributed by atoms with E-state index in [0.29, 0.717) is 18.4 Å². The largest absolute Gasteiger partial charge is 0.487 e. The first kappa shape index (κ1) is 13.4. The van der Waals surface area contributed by atoms with Crippen LogP contribution in [-0.2, 0) is 6.61 Å². The molecule has 0 N–H and O–H groups in total. The Morgan fingerprint density at radius 3 is 2.85 bits per heavy atom. The molecule has 2 aromatic rings. The zero-order valence-corrected chi connectivity index (χ0v) is 11.8. The van der Waals surface area contributed by atoms with Crippen molar-refractivity contribution >= 4 is 11.6 Å².